The third-order valence-corrected chi connectivity index (χ3v) is 3.44. The van der Waals surface area contributed by atoms with E-state index >= 15 is 0 Å². The van der Waals surface area contributed by atoms with Gasteiger partial charge in [0, 0.05) is 12.2 Å². The number of para-hydroxylation sites is 1. The molecule has 24 heavy (non-hydrogen) atoms. The molecule has 0 radical (unpaired) electrons. The van der Waals surface area contributed by atoms with Crippen LogP contribution < -0.4 is 10.6 Å². The average Bonchev–Trinajstić information content (AvgIpc) is 2.61. The van der Waals surface area contributed by atoms with Crippen molar-refractivity contribution in [1.29, 1.82) is 0 Å². The first-order valence-corrected chi connectivity index (χ1v) is 8.01. The first-order chi connectivity index (χ1) is 11.7. The molecule has 2 N–H and O–H groups in total. The topological polar surface area (TPSA) is 67.4 Å². The van der Waals surface area contributed by atoms with Crippen LogP contribution in [0.1, 0.15) is 22.8 Å². The molecular formula is C19H22N2O3. The highest BCUT2D eigenvalue weighted by Crippen LogP contribution is 2.15. The summed E-state index contributed by atoms with van der Waals surface area (Å²) in [6.07, 6.45) is 0.784. The monoisotopic (exact) mass is 326 g/mol. The number of ether oxygens (including phenoxy) is 1. The second kappa shape index (κ2) is 9.35. The third kappa shape index (κ3) is 5.43. The van der Waals surface area contributed by atoms with Gasteiger partial charge in [0.05, 0.1) is 18.7 Å². The van der Waals surface area contributed by atoms with Crippen LogP contribution in [-0.4, -0.2) is 31.6 Å². The Balaban J connectivity index is 1.80. The van der Waals surface area contributed by atoms with Crippen molar-refractivity contribution in [2.45, 2.75) is 13.3 Å². The van der Waals surface area contributed by atoms with Gasteiger partial charge in [0.15, 0.2) is 0 Å². The number of benzene rings is 2. The van der Waals surface area contributed by atoms with E-state index in [1.54, 1.807) is 31.2 Å². The largest absolute Gasteiger partial charge is 0.462 e. The lowest BCUT2D eigenvalue weighted by molar-refractivity contribution is -0.119. The highest BCUT2D eigenvalue weighted by atomic mass is 16.5. The summed E-state index contributed by atoms with van der Waals surface area (Å²) in [5.74, 6) is -0.519. The molecule has 0 saturated carbocycles. The molecule has 5 nitrogen and oxygen atoms in total. The van der Waals surface area contributed by atoms with E-state index in [4.69, 9.17) is 4.74 Å². The fraction of sp³-hybridized carbons (Fsp3) is 0.263. The minimum Gasteiger partial charge on any atom is -0.462 e. The molecule has 0 aliphatic rings. The first-order valence-electron chi connectivity index (χ1n) is 8.01. The van der Waals surface area contributed by atoms with Crippen molar-refractivity contribution in [3.8, 4) is 0 Å². The molecule has 2 rings (SSSR count). The molecule has 2 aromatic carbocycles. The van der Waals surface area contributed by atoms with Crippen LogP contribution in [0.3, 0.4) is 0 Å². The number of carbonyl (C=O) groups excluding carboxylic acids is 2. The van der Waals surface area contributed by atoms with Crippen molar-refractivity contribution in [3.63, 3.8) is 0 Å². The van der Waals surface area contributed by atoms with Crippen molar-refractivity contribution >= 4 is 17.6 Å². The Morgan fingerprint density at radius 3 is 2.46 bits per heavy atom. The van der Waals surface area contributed by atoms with E-state index in [1.165, 1.54) is 5.56 Å². The van der Waals surface area contributed by atoms with Crippen LogP contribution in [0.4, 0.5) is 5.69 Å². The highest BCUT2D eigenvalue weighted by molar-refractivity contribution is 5.96. The second-order valence-corrected chi connectivity index (χ2v) is 5.21. The summed E-state index contributed by atoms with van der Waals surface area (Å²) in [5, 5.41) is 5.85. The van der Waals surface area contributed by atoms with Crippen LogP contribution in [0.5, 0.6) is 0 Å². The fourth-order valence-electron chi connectivity index (χ4n) is 2.25. The number of anilines is 1. The molecule has 0 heterocycles. The summed E-state index contributed by atoms with van der Waals surface area (Å²) in [6.45, 7) is 2.75. The predicted molar refractivity (Wildman–Crippen MR) is 94.0 cm³/mol. The maximum Gasteiger partial charge on any atom is 0.340 e. The van der Waals surface area contributed by atoms with Gasteiger partial charge < -0.3 is 15.4 Å². The van der Waals surface area contributed by atoms with Crippen LogP contribution in [0.2, 0.25) is 0 Å². The summed E-state index contributed by atoms with van der Waals surface area (Å²) in [4.78, 5) is 23.8. The van der Waals surface area contributed by atoms with Crippen LogP contribution in [-0.2, 0) is 16.0 Å². The summed E-state index contributed by atoms with van der Waals surface area (Å²) in [5.41, 5.74) is 2.20. The van der Waals surface area contributed by atoms with Gasteiger partial charge in [0.1, 0.15) is 0 Å². The molecule has 0 aliphatic carbocycles. The van der Waals surface area contributed by atoms with Gasteiger partial charge in [-0.3, -0.25) is 4.79 Å². The van der Waals surface area contributed by atoms with Gasteiger partial charge in [0.25, 0.3) is 0 Å². The fourth-order valence-corrected chi connectivity index (χ4v) is 2.25. The number of hydrogen-bond acceptors (Lipinski definition) is 4. The molecule has 2 aromatic rings. The minimum absolute atomic E-state index is 0.102. The van der Waals surface area contributed by atoms with Gasteiger partial charge in [-0.1, -0.05) is 42.5 Å². The lowest BCUT2D eigenvalue weighted by Crippen LogP contribution is -2.31. The van der Waals surface area contributed by atoms with Gasteiger partial charge in [-0.05, 0) is 31.0 Å². The van der Waals surface area contributed by atoms with Gasteiger partial charge in [0.2, 0.25) is 5.91 Å². The summed E-state index contributed by atoms with van der Waals surface area (Å²) < 4.78 is 5.01. The molecule has 0 bridgehead atoms. The Bertz CT molecular complexity index is 671. The van der Waals surface area contributed by atoms with E-state index in [9.17, 15) is 9.59 Å². The van der Waals surface area contributed by atoms with Gasteiger partial charge in [-0.25, -0.2) is 4.79 Å². The average molecular weight is 326 g/mol. The van der Waals surface area contributed by atoms with E-state index in [0.717, 1.165) is 6.42 Å². The number of amides is 1. The van der Waals surface area contributed by atoms with Crippen LogP contribution in [0.25, 0.3) is 0 Å². The highest BCUT2D eigenvalue weighted by Gasteiger charge is 2.12. The van der Waals surface area contributed by atoms with E-state index in [2.05, 4.69) is 10.6 Å². The second-order valence-electron chi connectivity index (χ2n) is 5.21. The SMILES string of the molecule is CCOC(=O)c1ccccc1NCC(=O)NCCc1ccccc1. The predicted octanol–water partition coefficient (Wildman–Crippen LogP) is 2.63. The van der Waals surface area contributed by atoms with E-state index in [0.29, 0.717) is 24.4 Å². The molecule has 0 unspecified atom stereocenters. The first kappa shape index (κ1) is 17.5. The summed E-state index contributed by atoms with van der Waals surface area (Å²) >= 11 is 0. The molecule has 5 heteroatoms. The Morgan fingerprint density at radius 1 is 1.00 bits per heavy atom. The van der Waals surface area contributed by atoms with Crippen LogP contribution >= 0.6 is 0 Å². The van der Waals surface area contributed by atoms with Crippen molar-refractivity contribution in [1.82, 2.24) is 5.32 Å². The normalized spacial score (nSPS) is 10.0. The molecule has 1 amide bonds. The molecule has 0 aliphatic heterocycles. The van der Waals surface area contributed by atoms with Crippen molar-refractivity contribution in [2.75, 3.05) is 25.0 Å². The third-order valence-electron chi connectivity index (χ3n) is 3.44. The lowest BCUT2D eigenvalue weighted by Gasteiger charge is -2.11. The van der Waals surface area contributed by atoms with Gasteiger partial charge in [-0.2, -0.15) is 0 Å². The maximum atomic E-state index is 11.9. The molecule has 126 valence electrons. The van der Waals surface area contributed by atoms with E-state index in [-0.39, 0.29) is 12.5 Å². The zero-order valence-corrected chi connectivity index (χ0v) is 13.7. The molecule has 0 saturated heterocycles. The summed E-state index contributed by atoms with van der Waals surface area (Å²) in [6, 6.07) is 17.0. The van der Waals surface area contributed by atoms with Crippen molar-refractivity contribution in [2.24, 2.45) is 0 Å². The molecule has 0 atom stereocenters. The number of nitrogens with one attached hydrogen (secondary N) is 2. The van der Waals surface area contributed by atoms with E-state index in [1.807, 2.05) is 30.3 Å². The molecule has 0 aromatic heterocycles. The molecular weight excluding hydrogens is 304 g/mol. The van der Waals surface area contributed by atoms with E-state index < -0.39 is 5.97 Å². The zero-order chi connectivity index (χ0) is 17.2. The Kier molecular flexibility index (Phi) is 6.83. The van der Waals surface area contributed by atoms with Crippen LogP contribution in [0.15, 0.2) is 54.6 Å². The van der Waals surface area contributed by atoms with Crippen LogP contribution in [0, 0.1) is 0 Å². The molecule has 0 spiro atoms. The van der Waals surface area contributed by atoms with Gasteiger partial charge in [-0.15, -0.1) is 0 Å². The quantitative estimate of drug-likeness (QED) is 0.732. The zero-order valence-electron chi connectivity index (χ0n) is 13.7. The maximum absolute atomic E-state index is 11.9. The number of hydrogen-bond donors (Lipinski definition) is 2. The Morgan fingerprint density at radius 2 is 1.71 bits per heavy atom. The van der Waals surface area contributed by atoms with Gasteiger partial charge >= 0.3 is 5.97 Å². The van der Waals surface area contributed by atoms with Crippen molar-refractivity contribution < 1.29 is 14.3 Å². The molecule has 0 fully saturated rings. The number of rotatable bonds is 8. The Labute approximate surface area is 142 Å². The standard InChI is InChI=1S/C19H22N2O3/c1-2-24-19(23)16-10-6-7-11-17(16)21-14-18(22)20-13-12-15-8-4-3-5-9-15/h3-11,21H,2,12-14H2,1H3,(H,20,22). The number of carbonyl (C=O) groups is 2. The summed E-state index contributed by atoms with van der Waals surface area (Å²) in [7, 11) is 0. The van der Waals surface area contributed by atoms with Crippen molar-refractivity contribution in [3.05, 3.63) is 65.7 Å². The smallest absolute Gasteiger partial charge is 0.340 e. The number of esters is 1. The lowest BCUT2D eigenvalue weighted by atomic mass is 10.1. The Hall–Kier alpha value is -2.82. The minimum atomic E-state index is -0.398.